The summed E-state index contributed by atoms with van der Waals surface area (Å²) in [7, 11) is -3.73. The number of carbonyl (C=O) groups excluding carboxylic acids is 1. The predicted octanol–water partition coefficient (Wildman–Crippen LogP) is 4.03. The quantitative estimate of drug-likeness (QED) is 0.621. The van der Waals surface area contributed by atoms with E-state index >= 15 is 0 Å². The van der Waals surface area contributed by atoms with Crippen LogP contribution in [0.2, 0.25) is 5.02 Å². The molecule has 31 heavy (non-hydrogen) atoms. The summed E-state index contributed by atoms with van der Waals surface area (Å²) in [5.74, 6) is -0.190. The molecule has 1 N–H and O–H groups in total. The second kappa shape index (κ2) is 7.94. The van der Waals surface area contributed by atoms with Gasteiger partial charge in [-0.1, -0.05) is 42.0 Å². The maximum absolute atomic E-state index is 13.1. The van der Waals surface area contributed by atoms with Crippen LogP contribution in [0.4, 0.5) is 5.69 Å². The van der Waals surface area contributed by atoms with E-state index in [9.17, 15) is 13.2 Å². The zero-order valence-electron chi connectivity index (χ0n) is 16.5. The minimum absolute atomic E-state index is 0.150. The summed E-state index contributed by atoms with van der Waals surface area (Å²) in [5, 5.41) is 4.72. The van der Waals surface area contributed by atoms with Crippen molar-refractivity contribution in [1.29, 1.82) is 0 Å². The molecule has 0 atom stereocenters. The molecular weight excluding hydrogens is 454 g/mol. The van der Waals surface area contributed by atoms with Gasteiger partial charge in [0.2, 0.25) is 5.91 Å². The lowest BCUT2D eigenvalue weighted by molar-refractivity contribution is -0.134. The van der Waals surface area contributed by atoms with Crippen LogP contribution in [0.5, 0.6) is 0 Å². The highest BCUT2D eigenvalue weighted by molar-refractivity contribution is 7.91. The van der Waals surface area contributed by atoms with Crippen LogP contribution in [0.1, 0.15) is 11.1 Å². The first-order chi connectivity index (χ1) is 14.9. The van der Waals surface area contributed by atoms with Crippen LogP contribution in [0.3, 0.4) is 0 Å². The number of amides is 1. The number of fused-ring (bicyclic) bond motifs is 2. The van der Waals surface area contributed by atoms with Crippen molar-refractivity contribution in [2.75, 3.05) is 31.5 Å². The number of sulfonamides is 1. The molecule has 2 aliphatic rings. The van der Waals surface area contributed by atoms with E-state index in [1.54, 1.807) is 29.2 Å². The number of thiophene rings is 1. The first-order valence-corrected chi connectivity index (χ1v) is 12.5. The van der Waals surface area contributed by atoms with Crippen molar-refractivity contribution in [2.45, 2.75) is 10.8 Å². The van der Waals surface area contributed by atoms with Gasteiger partial charge in [0.1, 0.15) is 4.21 Å². The third-order valence-corrected chi connectivity index (χ3v) is 9.16. The molecular formula is C22H20ClN3O3S2. The van der Waals surface area contributed by atoms with Gasteiger partial charge in [-0.05, 0) is 40.8 Å². The largest absolute Gasteiger partial charge is 0.381 e. The molecule has 9 heteroatoms. The van der Waals surface area contributed by atoms with E-state index in [4.69, 9.17) is 11.6 Å². The van der Waals surface area contributed by atoms with Crippen molar-refractivity contribution in [3.8, 4) is 0 Å². The Morgan fingerprint density at radius 2 is 1.97 bits per heavy atom. The Balaban J connectivity index is 1.31. The number of anilines is 1. The number of nitrogens with zero attached hydrogens (tertiary/aromatic N) is 2. The van der Waals surface area contributed by atoms with Gasteiger partial charge in [0.15, 0.2) is 0 Å². The fourth-order valence-electron chi connectivity index (χ4n) is 3.87. The van der Waals surface area contributed by atoms with Gasteiger partial charge in [0.25, 0.3) is 10.0 Å². The smallest absolute Gasteiger partial charge is 0.253 e. The number of hydrogen-bond acceptors (Lipinski definition) is 5. The van der Waals surface area contributed by atoms with Gasteiger partial charge in [-0.3, -0.25) is 4.79 Å². The van der Waals surface area contributed by atoms with E-state index in [1.165, 1.54) is 15.6 Å². The first kappa shape index (κ1) is 20.5. The van der Waals surface area contributed by atoms with Gasteiger partial charge < -0.3 is 10.2 Å². The van der Waals surface area contributed by atoms with Crippen LogP contribution < -0.4 is 5.32 Å². The predicted molar refractivity (Wildman–Crippen MR) is 125 cm³/mol. The second-order valence-corrected chi connectivity index (χ2v) is 11.3. The van der Waals surface area contributed by atoms with Crippen LogP contribution in [0, 0.1) is 0 Å². The Hall–Kier alpha value is -2.39. The highest BCUT2D eigenvalue weighted by Crippen LogP contribution is 2.33. The zero-order chi connectivity index (χ0) is 21.6. The molecule has 1 saturated heterocycles. The summed E-state index contributed by atoms with van der Waals surface area (Å²) < 4.78 is 28.6. The van der Waals surface area contributed by atoms with Crippen molar-refractivity contribution < 1.29 is 13.2 Å². The van der Waals surface area contributed by atoms with Gasteiger partial charge in [-0.15, -0.1) is 11.3 Å². The van der Waals surface area contributed by atoms with Crippen molar-refractivity contribution in [2.24, 2.45) is 0 Å². The first-order valence-electron chi connectivity index (χ1n) is 9.90. The summed E-state index contributed by atoms with van der Waals surface area (Å²) in [4.78, 5) is 14.5. The molecule has 0 bridgehead atoms. The highest BCUT2D eigenvalue weighted by atomic mass is 35.5. The Kier molecular flexibility index (Phi) is 5.26. The lowest BCUT2D eigenvalue weighted by Gasteiger charge is -2.33. The van der Waals surface area contributed by atoms with E-state index in [2.05, 4.69) is 23.5 Å². The standard InChI is InChI=1S/C22H20ClN3O3S2/c23-18-6-5-17-11-22(30-20(17)12-18)31(28,29)26-9-8-25(21(27)14-26)13-15-3-4-16-2-1-7-24-19(16)10-15/h1-6,10-12,24H,7-9,13-14H2. The Morgan fingerprint density at radius 1 is 1.10 bits per heavy atom. The van der Waals surface area contributed by atoms with Gasteiger partial charge in [0, 0.05) is 41.6 Å². The summed E-state index contributed by atoms with van der Waals surface area (Å²) >= 11 is 7.20. The number of hydrogen-bond donors (Lipinski definition) is 1. The van der Waals surface area contributed by atoms with E-state index in [-0.39, 0.29) is 23.2 Å². The molecule has 0 aliphatic carbocycles. The normalized spacial score (nSPS) is 17.1. The van der Waals surface area contributed by atoms with E-state index in [0.29, 0.717) is 18.1 Å². The highest BCUT2D eigenvalue weighted by Gasteiger charge is 2.34. The molecule has 0 unspecified atom stereocenters. The third kappa shape index (κ3) is 3.96. The molecule has 0 spiro atoms. The lowest BCUT2D eigenvalue weighted by atomic mass is 10.1. The third-order valence-electron chi connectivity index (χ3n) is 5.54. The fraction of sp³-hybridized carbons (Fsp3) is 0.227. The summed E-state index contributed by atoms with van der Waals surface area (Å²) in [6, 6.07) is 13.0. The molecule has 1 aromatic heterocycles. The topological polar surface area (TPSA) is 69.7 Å². The molecule has 160 valence electrons. The van der Waals surface area contributed by atoms with Crippen LogP contribution in [-0.2, 0) is 21.4 Å². The lowest BCUT2D eigenvalue weighted by Crippen LogP contribution is -2.51. The van der Waals surface area contributed by atoms with Crippen LogP contribution in [0.25, 0.3) is 16.2 Å². The number of rotatable bonds is 4. The molecule has 2 aromatic carbocycles. The Bertz CT molecular complexity index is 1320. The van der Waals surface area contributed by atoms with Crippen molar-refractivity contribution in [1.82, 2.24) is 9.21 Å². The van der Waals surface area contributed by atoms with Gasteiger partial charge in [0.05, 0.1) is 6.54 Å². The Morgan fingerprint density at radius 3 is 2.81 bits per heavy atom. The van der Waals surface area contributed by atoms with Crippen LogP contribution in [0.15, 0.2) is 52.7 Å². The molecule has 1 fully saturated rings. The monoisotopic (exact) mass is 473 g/mol. The van der Waals surface area contributed by atoms with Crippen LogP contribution in [-0.4, -0.2) is 49.7 Å². The summed E-state index contributed by atoms with van der Waals surface area (Å²) in [6.07, 6.45) is 4.14. The van der Waals surface area contributed by atoms with Crippen molar-refractivity contribution in [3.05, 3.63) is 64.7 Å². The molecule has 2 aliphatic heterocycles. The van der Waals surface area contributed by atoms with E-state index < -0.39 is 10.0 Å². The van der Waals surface area contributed by atoms with E-state index in [1.807, 2.05) is 12.1 Å². The maximum Gasteiger partial charge on any atom is 0.253 e. The zero-order valence-corrected chi connectivity index (χ0v) is 18.9. The maximum atomic E-state index is 13.1. The van der Waals surface area contributed by atoms with Gasteiger partial charge in [-0.2, -0.15) is 4.31 Å². The average Bonchev–Trinajstić information content (AvgIpc) is 3.19. The summed E-state index contributed by atoms with van der Waals surface area (Å²) in [5.41, 5.74) is 3.20. The van der Waals surface area contributed by atoms with Gasteiger partial charge in [-0.25, -0.2) is 8.42 Å². The SMILES string of the molecule is O=C1CN(S(=O)(=O)c2cc3ccc(Cl)cc3s2)CCN1Cc1ccc2c(c1)NCC=C2. The minimum atomic E-state index is -3.73. The van der Waals surface area contributed by atoms with Gasteiger partial charge >= 0.3 is 0 Å². The number of benzene rings is 2. The fourth-order valence-corrected chi connectivity index (χ4v) is 7.08. The van der Waals surface area contributed by atoms with Crippen molar-refractivity contribution in [3.63, 3.8) is 0 Å². The average molecular weight is 474 g/mol. The molecule has 6 nitrogen and oxygen atoms in total. The number of nitrogens with one attached hydrogen (secondary N) is 1. The summed E-state index contributed by atoms with van der Waals surface area (Å²) in [6.45, 7) is 1.74. The van der Waals surface area contributed by atoms with E-state index in [0.717, 1.165) is 33.4 Å². The molecule has 0 saturated carbocycles. The second-order valence-electron chi connectivity index (χ2n) is 7.61. The number of carbonyl (C=O) groups is 1. The molecule has 0 radical (unpaired) electrons. The van der Waals surface area contributed by atoms with Crippen molar-refractivity contribution >= 4 is 60.7 Å². The number of halogens is 1. The Labute approximate surface area is 189 Å². The molecule has 3 aromatic rings. The number of piperazine rings is 1. The molecule has 1 amide bonds. The minimum Gasteiger partial charge on any atom is -0.381 e. The van der Waals surface area contributed by atoms with Crippen LogP contribution >= 0.6 is 22.9 Å². The molecule has 5 rings (SSSR count). The molecule has 3 heterocycles.